The normalized spacial score (nSPS) is 13.5. The van der Waals surface area contributed by atoms with Crippen molar-refractivity contribution in [2.45, 2.75) is 24.0 Å². The van der Waals surface area contributed by atoms with Gasteiger partial charge in [-0.2, -0.15) is 0 Å². The average Bonchev–Trinajstić information content (AvgIpc) is 2.70. The fraction of sp³-hybridized carbons (Fsp3) is 0.316. The average molecular weight is 443 g/mol. The van der Waals surface area contributed by atoms with Crippen LogP contribution >= 0.6 is 11.6 Å². The SMILES string of the molecule is COc1ccc(N(C[C@H](O)CN[C@@H](C)C(=O)O)S(=O)(=O)c2ccc(Cl)cc2)cc1. The highest BCUT2D eigenvalue weighted by molar-refractivity contribution is 7.92. The molecule has 29 heavy (non-hydrogen) atoms. The number of carboxylic acids is 1. The molecule has 0 fully saturated rings. The Hall–Kier alpha value is -2.33. The molecule has 0 aromatic heterocycles. The van der Waals surface area contributed by atoms with Crippen molar-refractivity contribution >= 4 is 33.3 Å². The van der Waals surface area contributed by atoms with Crippen LogP contribution in [0.1, 0.15) is 6.92 Å². The number of sulfonamides is 1. The third-order valence-electron chi connectivity index (χ3n) is 4.17. The summed E-state index contributed by atoms with van der Waals surface area (Å²) in [6.07, 6.45) is -1.15. The molecule has 0 aliphatic heterocycles. The van der Waals surface area contributed by atoms with Crippen molar-refractivity contribution in [3.05, 3.63) is 53.6 Å². The molecule has 2 aromatic carbocycles. The highest BCUT2D eigenvalue weighted by Crippen LogP contribution is 2.26. The zero-order valence-electron chi connectivity index (χ0n) is 15.9. The van der Waals surface area contributed by atoms with E-state index in [1.54, 1.807) is 24.3 Å². The summed E-state index contributed by atoms with van der Waals surface area (Å²) in [6, 6.07) is 11.1. The van der Waals surface area contributed by atoms with Gasteiger partial charge in [0.15, 0.2) is 0 Å². The lowest BCUT2D eigenvalue weighted by atomic mass is 10.2. The van der Waals surface area contributed by atoms with Crippen molar-refractivity contribution in [3.8, 4) is 5.75 Å². The first-order valence-corrected chi connectivity index (χ1v) is 10.5. The molecule has 8 nitrogen and oxygen atoms in total. The summed E-state index contributed by atoms with van der Waals surface area (Å²) in [5.41, 5.74) is 0.325. The summed E-state index contributed by atoms with van der Waals surface area (Å²) in [6.45, 7) is 1.05. The summed E-state index contributed by atoms with van der Waals surface area (Å²) in [4.78, 5) is 10.9. The van der Waals surface area contributed by atoms with Gasteiger partial charge in [-0.1, -0.05) is 11.6 Å². The van der Waals surface area contributed by atoms with Crippen LogP contribution in [0.5, 0.6) is 5.75 Å². The molecule has 2 atom stereocenters. The number of carbonyl (C=O) groups is 1. The molecule has 0 spiro atoms. The van der Waals surface area contributed by atoms with Gasteiger partial charge in [0.05, 0.1) is 30.3 Å². The van der Waals surface area contributed by atoms with Crippen LogP contribution in [0.4, 0.5) is 5.69 Å². The van der Waals surface area contributed by atoms with E-state index in [4.69, 9.17) is 21.4 Å². The van der Waals surface area contributed by atoms with Gasteiger partial charge in [-0.15, -0.1) is 0 Å². The van der Waals surface area contributed by atoms with E-state index in [2.05, 4.69) is 5.32 Å². The molecule has 2 aromatic rings. The lowest BCUT2D eigenvalue weighted by Crippen LogP contribution is -2.45. The molecule has 10 heteroatoms. The summed E-state index contributed by atoms with van der Waals surface area (Å²) >= 11 is 5.85. The zero-order valence-corrected chi connectivity index (χ0v) is 17.5. The maximum Gasteiger partial charge on any atom is 0.320 e. The second-order valence-electron chi connectivity index (χ2n) is 6.31. The first kappa shape index (κ1) is 23.0. The van der Waals surface area contributed by atoms with E-state index in [-0.39, 0.29) is 18.0 Å². The highest BCUT2D eigenvalue weighted by Gasteiger charge is 2.27. The second kappa shape index (κ2) is 9.93. The predicted octanol–water partition coefficient (Wildman–Crippen LogP) is 1.97. The fourth-order valence-corrected chi connectivity index (χ4v) is 4.11. The van der Waals surface area contributed by atoms with Gasteiger partial charge < -0.3 is 20.3 Å². The Balaban J connectivity index is 2.32. The summed E-state index contributed by atoms with van der Waals surface area (Å²) in [7, 11) is -2.51. The van der Waals surface area contributed by atoms with E-state index in [0.717, 1.165) is 4.31 Å². The second-order valence-corrected chi connectivity index (χ2v) is 8.61. The molecule has 158 valence electrons. The number of rotatable bonds is 10. The number of ether oxygens (including phenoxy) is 1. The van der Waals surface area contributed by atoms with Gasteiger partial charge in [-0.25, -0.2) is 8.42 Å². The molecule has 0 aliphatic rings. The van der Waals surface area contributed by atoms with Gasteiger partial charge in [-0.05, 0) is 55.5 Å². The number of nitrogens with one attached hydrogen (secondary N) is 1. The van der Waals surface area contributed by atoms with E-state index in [9.17, 15) is 18.3 Å². The molecule has 0 unspecified atom stereocenters. The van der Waals surface area contributed by atoms with Crippen molar-refractivity contribution in [2.75, 3.05) is 24.5 Å². The Morgan fingerprint density at radius 1 is 1.17 bits per heavy atom. The molecule has 0 saturated carbocycles. The fourth-order valence-electron chi connectivity index (χ4n) is 2.48. The van der Waals surface area contributed by atoms with Gasteiger partial charge >= 0.3 is 5.97 Å². The van der Waals surface area contributed by atoms with E-state index in [0.29, 0.717) is 16.5 Å². The molecular weight excluding hydrogens is 420 g/mol. The standard InChI is InChI=1S/C19H23ClN2O6S/c1-13(19(24)25)21-11-16(23)12-22(15-5-7-17(28-2)8-6-15)29(26,27)18-9-3-14(20)4-10-18/h3-10,13,16,21,23H,11-12H2,1-2H3,(H,24,25)/t13-,16+/m0/s1. The Morgan fingerprint density at radius 3 is 2.28 bits per heavy atom. The lowest BCUT2D eigenvalue weighted by Gasteiger charge is -2.27. The smallest absolute Gasteiger partial charge is 0.320 e. The van der Waals surface area contributed by atoms with Crippen molar-refractivity contribution in [3.63, 3.8) is 0 Å². The summed E-state index contributed by atoms with van der Waals surface area (Å²) in [5.74, 6) is -0.520. The zero-order chi connectivity index (χ0) is 21.6. The maximum absolute atomic E-state index is 13.2. The number of anilines is 1. The van der Waals surface area contributed by atoms with Crippen LogP contribution in [0.2, 0.25) is 5.02 Å². The number of hydrogen-bond donors (Lipinski definition) is 3. The molecule has 0 saturated heterocycles. The van der Waals surface area contributed by atoms with Crippen LogP contribution < -0.4 is 14.4 Å². The number of aliphatic hydroxyl groups excluding tert-OH is 1. The molecule has 0 heterocycles. The number of methoxy groups -OCH3 is 1. The third-order valence-corrected chi connectivity index (χ3v) is 6.23. The highest BCUT2D eigenvalue weighted by atomic mass is 35.5. The summed E-state index contributed by atoms with van der Waals surface area (Å²) < 4.78 is 32.6. The monoisotopic (exact) mass is 442 g/mol. The first-order valence-electron chi connectivity index (χ1n) is 8.71. The number of aliphatic hydroxyl groups is 1. The van der Waals surface area contributed by atoms with E-state index < -0.39 is 28.1 Å². The van der Waals surface area contributed by atoms with Crippen molar-refractivity contribution in [1.29, 1.82) is 0 Å². The van der Waals surface area contributed by atoms with Crippen molar-refractivity contribution in [1.82, 2.24) is 5.32 Å². The molecular formula is C19H23ClN2O6S. The third kappa shape index (κ3) is 6.07. The Labute approximate surface area is 174 Å². The van der Waals surface area contributed by atoms with Gasteiger partial charge in [0, 0.05) is 11.6 Å². The quantitative estimate of drug-likeness (QED) is 0.515. The Morgan fingerprint density at radius 2 is 1.76 bits per heavy atom. The number of hydrogen-bond acceptors (Lipinski definition) is 6. The topological polar surface area (TPSA) is 116 Å². The Kier molecular flexibility index (Phi) is 7.86. The van der Waals surface area contributed by atoms with E-state index >= 15 is 0 Å². The van der Waals surface area contributed by atoms with Gasteiger partial charge in [0.25, 0.3) is 10.0 Å². The minimum Gasteiger partial charge on any atom is -0.497 e. The van der Waals surface area contributed by atoms with Gasteiger partial charge in [0.1, 0.15) is 11.8 Å². The van der Waals surface area contributed by atoms with E-state index in [1.807, 2.05) is 0 Å². The first-order chi connectivity index (χ1) is 13.6. The lowest BCUT2D eigenvalue weighted by molar-refractivity contribution is -0.139. The minimum atomic E-state index is -4.01. The number of benzene rings is 2. The number of carboxylic acid groups (broad SMARTS) is 1. The molecule has 0 radical (unpaired) electrons. The number of nitrogens with zero attached hydrogens (tertiary/aromatic N) is 1. The predicted molar refractivity (Wildman–Crippen MR) is 110 cm³/mol. The number of aliphatic carboxylic acids is 1. The summed E-state index contributed by atoms with van der Waals surface area (Å²) in [5, 5.41) is 22.3. The van der Waals surface area contributed by atoms with Crippen molar-refractivity contribution < 1.29 is 28.2 Å². The van der Waals surface area contributed by atoms with E-state index in [1.165, 1.54) is 38.3 Å². The molecule has 0 bridgehead atoms. The van der Waals surface area contributed by atoms with Crippen LogP contribution in [0.3, 0.4) is 0 Å². The van der Waals surface area contributed by atoms with Gasteiger partial charge in [0.2, 0.25) is 0 Å². The minimum absolute atomic E-state index is 0.0109. The van der Waals surface area contributed by atoms with Crippen LogP contribution in [0.15, 0.2) is 53.4 Å². The van der Waals surface area contributed by atoms with Crippen LogP contribution in [-0.4, -0.2) is 56.9 Å². The molecule has 3 N–H and O–H groups in total. The molecule has 2 rings (SSSR count). The maximum atomic E-state index is 13.2. The van der Waals surface area contributed by atoms with Crippen LogP contribution in [0, 0.1) is 0 Å². The van der Waals surface area contributed by atoms with Crippen LogP contribution in [-0.2, 0) is 14.8 Å². The van der Waals surface area contributed by atoms with Gasteiger partial charge in [-0.3, -0.25) is 9.10 Å². The largest absolute Gasteiger partial charge is 0.497 e. The number of halogens is 1. The van der Waals surface area contributed by atoms with Crippen molar-refractivity contribution in [2.24, 2.45) is 0 Å². The Bertz CT molecular complexity index is 919. The molecule has 0 amide bonds. The molecule has 0 aliphatic carbocycles. The van der Waals surface area contributed by atoms with Crippen LogP contribution in [0.25, 0.3) is 0 Å².